The number of hydrogen-bond donors (Lipinski definition) is 0. The average Bonchev–Trinajstić information content (AvgIpc) is 2.53. The van der Waals surface area contributed by atoms with Crippen LogP contribution in [0.1, 0.15) is 111 Å². The van der Waals surface area contributed by atoms with E-state index in [9.17, 15) is 4.79 Å². The summed E-state index contributed by atoms with van der Waals surface area (Å²) in [6.45, 7) is 7.26. The summed E-state index contributed by atoms with van der Waals surface area (Å²) in [4.78, 5) is 11.3. The smallest absolute Gasteiger partial charge is 0.305 e. The van der Waals surface area contributed by atoms with Crippen LogP contribution in [0.25, 0.3) is 0 Å². The molecule has 0 N–H and O–H groups in total. The highest BCUT2D eigenvalue weighted by molar-refractivity contribution is 5.69. The van der Waals surface area contributed by atoms with Gasteiger partial charge in [0.05, 0.1) is 6.61 Å². The van der Waals surface area contributed by atoms with Crippen LogP contribution < -0.4 is 0 Å². The Morgan fingerprint density at radius 3 is 1.82 bits per heavy atom. The summed E-state index contributed by atoms with van der Waals surface area (Å²) < 4.78 is 5.07. The summed E-state index contributed by atoms with van der Waals surface area (Å²) in [5.74, 6) is 0.901. The van der Waals surface area contributed by atoms with Crippen molar-refractivity contribution in [2.24, 2.45) is 5.92 Å². The first kappa shape index (κ1) is 21.5. The Balaban J connectivity index is 3.10. The first-order valence-electron chi connectivity index (χ1n) is 9.86. The molecule has 2 heteroatoms. The molecule has 0 heterocycles. The van der Waals surface area contributed by atoms with E-state index in [0.29, 0.717) is 13.0 Å². The van der Waals surface area contributed by atoms with Gasteiger partial charge in [0.2, 0.25) is 0 Å². The summed E-state index contributed by atoms with van der Waals surface area (Å²) in [5, 5.41) is 0. The molecule has 0 bridgehead atoms. The van der Waals surface area contributed by atoms with Gasteiger partial charge in [0.25, 0.3) is 0 Å². The number of ether oxygens (including phenoxy) is 1. The fourth-order valence-corrected chi connectivity index (χ4v) is 2.67. The third-order valence-electron chi connectivity index (χ3n) is 4.49. The summed E-state index contributed by atoms with van der Waals surface area (Å²) in [7, 11) is 0. The van der Waals surface area contributed by atoms with Crippen LogP contribution in [0, 0.1) is 5.92 Å². The average molecular weight is 313 g/mol. The Hall–Kier alpha value is -0.530. The van der Waals surface area contributed by atoms with Gasteiger partial charge < -0.3 is 4.74 Å². The molecule has 22 heavy (non-hydrogen) atoms. The van der Waals surface area contributed by atoms with Gasteiger partial charge in [-0.1, -0.05) is 91.4 Å². The molecule has 0 rings (SSSR count). The predicted octanol–water partition coefficient (Wildman–Crippen LogP) is 6.67. The van der Waals surface area contributed by atoms with Gasteiger partial charge in [-0.3, -0.25) is 4.79 Å². The van der Waals surface area contributed by atoms with Crippen LogP contribution >= 0.6 is 0 Å². The van der Waals surface area contributed by atoms with Gasteiger partial charge in [-0.05, 0) is 18.8 Å². The lowest BCUT2D eigenvalue weighted by Crippen LogP contribution is -2.04. The molecule has 0 amide bonds. The van der Waals surface area contributed by atoms with E-state index in [0.717, 1.165) is 18.8 Å². The van der Waals surface area contributed by atoms with Crippen molar-refractivity contribution in [3.63, 3.8) is 0 Å². The van der Waals surface area contributed by atoms with Crippen molar-refractivity contribution in [1.82, 2.24) is 0 Å². The van der Waals surface area contributed by atoms with Crippen LogP contribution in [0.5, 0.6) is 0 Å². The zero-order valence-electron chi connectivity index (χ0n) is 15.5. The summed E-state index contributed by atoms with van der Waals surface area (Å²) in [6, 6.07) is 0. The van der Waals surface area contributed by atoms with E-state index in [1.807, 2.05) is 6.92 Å². The number of esters is 1. The minimum atomic E-state index is -0.0146. The fourth-order valence-electron chi connectivity index (χ4n) is 2.67. The van der Waals surface area contributed by atoms with Crippen LogP contribution in [0.15, 0.2) is 0 Å². The van der Waals surface area contributed by atoms with Crippen molar-refractivity contribution in [3.05, 3.63) is 0 Å². The maximum absolute atomic E-state index is 11.3. The van der Waals surface area contributed by atoms with Crippen molar-refractivity contribution < 1.29 is 9.53 Å². The zero-order chi connectivity index (χ0) is 16.5. The van der Waals surface area contributed by atoms with E-state index in [1.54, 1.807) is 0 Å². The molecule has 0 fully saturated rings. The van der Waals surface area contributed by atoms with Crippen LogP contribution in [0.3, 0.4) is 0 Å². The lowest BCUT2D eigenvalue weighted by atomic mass is 9.99. The van der Waals surface area contributed by atoms with Crippen molar-refractivity contribution in [2.75, 3.05) is 6.61 Å². The van der Waals surface area contributed by atoms with Gasteiger partial charge in [-0.25, -0.2) is 0 Å². The lowest BCUT2D eigenvalue weighted by Gasteiger charge is -2.07. The van der Waals surface area contributed by atoms with Gasteiger partial charge in [0.15, 0.2) is 0 Å². The first-order valence-corrected chi connectivity index (χ1v) is 9.86. The molecule has 0 aromatic rings. The van der Waals surface area contributed by atoms with Crippen LogP contribution in [0.2, 0.25) is 0 Å². The van der Waals surface area contributed by atoms with Gasteiger partial charge in [0.1, 0.15) is 0 Å². The molecule has 0 spiro atoms. The Kier molecular flexibility index (Phi) is 16.4. The molecule has 0 aliphatic carbocycles. The Morgan fingerprint density at radius 2 is 1.32 bits per heavy atom. The highest BCUT2D eigenvalue weighted by atomic mass is 16.5. The standard InChI is InChI=1S/C20H40O2/c1-4-18-22-20(21)17-15-13-11-9-7-6-8-10-12-14-16-19(3)5-2/h19H,4-18H2,1-3H3. The number of carbonyl (C=O) groups is 1. The van der Waals surface area contributed by atoms with Gasteiger partial charge >= 0.3 is 5.97 Å². The van der Waals surface area contributed by atoms with Gasteiger partial charge in [-0.2, -0.15) is 0 Å². The summed E-state index contributed by atoms with van der Waals surface area (Å²) in [6.07, 6.45) is 17.5. The van der Waals surface area contributed by atoms with E-state index in [4.69, 9.17) is 4.74 Å². The molecule has 1 atom stereocenters. The topological polar surface area (TPSA) is 26.3 Å². The molecule has 0 saturated heterocycles. The fraction of sp³-hybridized carbons (Fsp3) is 0.950. The third kappa shape index (κ3) is 15.9. The lowest BCUT2D eigenvalue weighted by molar-refractivity contribution is -0.143. The number of carbonyl (C=O) groups excluding carboxylic acids is 1. The number of unbranched alkanes of at least 4 members (excludes halogenated alkanes) is 9. The quantitative estimate of drug-likeness (QED) is 0.235. The van der Waals surface area contributed by atoms with E-state index in [2.05, 4.69) is 13.8 Å². The van der Waals surface area contributed by atoms with Crippen molar-refractivity contribution in [1.29, 1.82) is 0 Å². The molecule has 0 aromatic carbocycles. The third-order valence-corrected chi connectivity index (χ3v) is 4.49. The summed E-state index contributed by atoms with van der Waals surface area (Å²) >= 11 is 0. The SMILES string of the molecule is CCCOC(=O)CCCCCCCCCCCCC(C)CC. The van der Waals surface area contributed by atoms with Gasteiger partial charge in [-0.15, -0.1) is 0 Å². The minimum absolute atomic E-state index is 0.0146. The highest BCUT2D eigenvalue weighted by Gasteiger charge is 2.01. The van der Waals surface area contributed by atoms with Crippen molar-refractivity contribution >= 4 is 5.97 Å². The van der Waals surface area contributed by atoms with Crippen molar-refractivity contribution in [2.45, 2.75) is 111 Å². The van der Waals surface area contributed by atoms with E-state index in [-0.39, 0.29) is 5.97 Å². The first-order chi connectivity index (χ1) is 10.7. The predicted molar refractivity (Wildman–Crippen MR) is 96.1 cm³/mol. The maximum Gasteiger partial charge on any atom is 0.305 e. The molecule has 0 aliphatic rings. The Bertz CT molecular complexity index is 238. The second-order valence-electron chi connectivity index (χ2n) is 6.81. The summed E-state index contributed by atoms with van der Waals surface area (Å²) in [5.41, 5.74) is 0. The van der Waals surface area contributed by atoms with Crippen molar-refractivity contribution in [3.8, 4) is 0 Å². The zero-order valence-corrected chi connectivity index (χ0v) is 15.5. The number of hydrogen-bond acceptors (Lipinski definition) is 2. The largest absolute Gasteiger partial charge is 0.466 e. The monoisotopic (exact) mass is 312 g/mol. The maximum atomic E-state index is 11.3. The number of rotatable bonds is 16. The molecule has 132 valence electrons. The molecule has 2 nitrogen and oxygen atoms in total. The molecular weight excluding hydrogens is 272 g/mol. The normalized spacial score (nSPS) is 12.3. The van der Waals surface area contributed by atoms with Crippen LogP contribution in [0.4, 0.5) is 0 Å². The molecular formula is C20H40O2. The highest BCUT2D eigenvalue weighted by Crippen LogP contribution is 2.15. The van der Waals surface area contributed by atoms with Gasteiger partial charge in [0, 0.05) is 6.42 Å². The van der Waals surface area contributed by atoms with Crippen LogP contribution in [-0.2, 0) is 9.53 Å². The molecule has 0 aliphatic heterocycles. The second kappa shape index (κ2) is 16.8. The second-order valence-corrected chi connectivity index (χ2v) is 6.81. The van der Waals surface area contributed by atoms with E-state index >= 15 is 0 Å². The van der Waals surface area contributed by atoms with E-state index < -0.39 is 0 Å². The molecule has 1 unspecified atom stereocenters. The molecule has 0 saturated carbocycles. The molecule has 0 aromatic heterocycles. The van der Waals surface area contributed by atoms with Crippen LogP contribution in [-0.4, -0.2) is 12.6 Å². The van der Waals surface area contributed by atoms with E-state index in [1.165, 1.54) is 70.6 Å². The molecule has 0 radical (unpaired) electrons. The Morgan fingerprint density at radius 1 is 0.818 bits per heavy atom. The Labute approximate surface area is 139 Å². The minimum Gasteiger partial charge on any atom is -0.466 e.